The van der Waals surface area contributed by atoms with Crippen LogP contribution in [-0.4, -0.2) is 49.5 Å². The van der Waals surface area contributed by atoms with Crippen molar-refractivity contribution in [2.45, 2.75) is 0 Å². The number of nitrogens with zero attached hydrogens (tertiary/aromatic N) is 2. The average Bonchev–Trinajstić information content (AvgIpc) is 2.72. The monoisotopic (exact) mass is 387 g/mol. The number of hydrogen-bond acceptors (Lipinski definition) is 8. The van der Waals surface area contributed by atoms with Gasteiger partial charge in [-0.2, -0.15) is 0 Å². The van der Waals surface area contributed by atoms with Crippen LogP contribution in [-0.2, 0) is 23.8 Å². The van der Waals surface area contributed by atoms with Crippen molar-refractivity contribution < 1.29 is 23.8 Å². The van der Waals surface area contributed by atoms with Crippen molar-refractivity contribution in [2.24, 2.45) is 0 Å². The van der Waals surface area contributed by atoms with E-state index in [-0.39, 0.29) is 24.6 Å². The summed E-state index contributed by atoms with van der Waals surface area (Å²) < 4.78 is 15.5. The number of H-pyrrole nitrogens is 1. The molecule has 9 heteroatoms. The molecule has 0 saturated heterocycles. The molecule has 1 aliphatic rings. The third-order valence-corrected chi connectivity index (χ3v) is 4.21. The third-order valence-electron chi connectivity index (χ3n) is 4.00. The topological polar surface area (TPSA) is 93.8 Å². The number of benzene rings is 1. The summed E-state index contributed by atoms with van der Waals surface area (Å²) in [6.45, 7) is 0.0707. The van der Waals surface area contributed by atoms with Crippen molar-refractivity contribution >= 4 is 29.8 Å². The fourth-order valence-electron chi connectivity index (χ4n) is 2.71. The molecule has 27 heavy (non-hydrogen) atoms. The summed E-state index contributed by atoms with van der Waals surface area (Å²) in [4.78, 5) is 32.9. The highest BCUT2D eigenvalue weighted by molar-refractivity contribution is 7.71. The number of carbonyl (C=O) groups excluding carboxylic acids is 2. The van der Waals surface area contributed by atoms with Gasteiger partial charge in [-0.25, -0.2) is 14.6 Å². The Hall–Kier alpha value is -3.04. The molecule has 0 amide bonds. The van der Waals surface area contributed by atoms with Crippen molar-refractivity contribution in [3.63, 3.8) is 0 Å². The van der Waals surface area contributed by atoms with E-state index in [2.05, 4.69) is 9.97 Å². The van der Waals surface area contributed by atoms with E-state index in [0.717, 1.165) is 11.3 Å². The molecule has 0 radical (unpaired) electrons. The van der Waals surface area contributed by atoms with E-state index >= 15 is 0 Å². The number of ether oxygens (including phenoxy) is 3. The quantitative estimate of drug-likeness (QED) is 0.630. The second-order valence-corrected chi connectivity index (χ2v) is 5.94. The van der Waals surface area contributed by atoms with E-state index in [1.165, 1.54) is 14.2 Å². The second kappa shape index (κ2) is 8.11. The zero-order chi connectivity index (χ0) is 19.4. The Labute approximate surface area is 160 Å². The van der Waals surface area contributed by atoms with Crippen molar-refractivity contribution in [3.8, 4) is 11.3 Å². The highest BCUT2D eigenvalue weighted by Gasteiger charge is 2.32. The zero-order valence-electron chi connectivity index (χ0n) is 14.7. The van der Waals surface area contributed by atoms with Crippen LogP contribution >= 0.6 is 12.2 Å². The maximum absolute atomic E-state index is 12.3. The summed E-state index contributed by atoms with van der Waals surface area (Å²) in [5.41, 5.74) is 2.58. The largest absolute Gasteiger partial charge is 0.466 e. The smallest absolute Gasteiger partial charge is 0.355 e. The van der Waals surface area contributed by atoms with Gasteiger partial charge in [0.05, 0.1) is 26.4 Å². The lowest BCUT2D eigenvalue weighted by Crippen LogP contribution is -2.38. The van der Waals surface area contributed by atoms with E-state index < -0.39 is 11.9 Å². The van der Waals surface area contributed by atoms with Crippen LogP contribution in [0.25, 0.3) is 11.3 Å². The van der Waals surface area contributed by atoms with Crippen molar-refractivity contribution in [1.29, 1.82) is 0 Å². The first kappa shape index (κ1) is 18.7. The SMILES string of the molecule is COC(=O)C1=C(C(=O)OC)N(c2ccc(-c3ccnc(=S)[nH]3)cc2)COC1. The minimum atomic E-state index is -0.638. The van der Waals surface area contributed by atoms with Crippen LogP contribution in [0, 0.1) is 4.77 Å². The van der Waals surface area contributed by atoms with Gasteiger partial charge in [-0.3, -0.25) is 0 Å². The van der Waals surface area contributed by atoms with Gasteiger partial charge < -0.3 is 24.1 Å². The Morgan fingerprint density at radius 1 is 1.15 bits per heavy atom. The molecule has 3 rings (SSSR count). The Kier molecular flexibility index (Phi) is 5.63. The summed E-state index contributed by atoms with van der Waals surface area (Å²) in [5.74, 6) is -1.28. The number of hydrogen-bond donors (Lipinski definition) is 1. The molecule has 0 atom stereocenters. The molecular weight excluding hydrogens is 370 g/mol. The minimum Gasteiger partial charge on any atom is -0.466 e. The molecule has 0 saturated carbocycles. The molecule has 0 bridgehead atoms. The lowest BCUT2D eigenvalue weighted by Gasteiger charge is -2.31. The van der Waals surface area contributed by atoms with Gasteiger partial charge in [0.1, 0.15) is 12.4 Å². The van der Waals surface area contributed by atoms with Crippen molar-refractivity contribution in [3.05, 3.63) is 52.6 Å². The zero-order valence-corrected chi connectivity index (χ0v) is 15.5. The summed E-state index contributed by atoms with van der Waals surface area (Å²) in [6, 6.07) is 9.14. The molecule has 1 N–H and O–H groups in total. The predicted molar refractivity (Wildman–Crippen MR) is 99.2 cm³/mol. The highest BCUT2D eigenvalue weighted by atomic mass is 32.1. The Morgan fingerprint density at radius 3 is 2.48 bits per heavy atom. The Bertz CT molecular complexity index is 952. The lowest BCUT2D eigenvalue weighted by molar-refractivity contribution is -0.140. The molecule has 8 nitrogen and oxygen atoms in total. The van der Waals surface area contributed by atoms with Gasteiger partial charge in [0.25, 0.3) is 0 Å². The number of esters is 2. The minimum absolute atomic E-state index is 0.0285. The van der Waals surface area contributed by atoms with Gasteiger partial charge in [-0.05, 0) is 36.0 Å². The Balaban J connectivity index is 1.99. The van der Waals surface area contributed by atoms with Crippen LogP contribution in [0.5, 0.6) is 0 Å². The van der Waals surface area contributed by atoms with Gasteiger partial charge in [0.15, 0.2) is 4.77 Å². The number of aromatic nitrogens is 2. The normalized spacial score (nSPS) is 14.1. The average molecular weight is 387 g/mol. The van der Waals surface area contributed by atoms with E-state index in [0.29, 0.717) is 10.5 Å². The molecule has 1 aromatic heterocycles. The van der Waals surface area contributed by atoms with Crippen LogP contribution in [0.1, 0.15) is 0 Å². The summed E-state index contributed by atoms with van der Waals surface area (Å²) in [6.07, 6.45) is 1.63. The first-order chi connectivity index (χ1) is 13.0. The number of nitrogens with one attached hydrogen (secondary N) is 1. The Morgan fingerprint density at radius 2 is 1.85 bits per heavy atom. The van der Waals surface area contributed by atoms with Gasteiger partial charge >= 0.3 is 11.9 Å². The van der Waals surface area contributed by atoms with Crippen LogP contribution in [0.2, 0.25) is 0 Å². The van der Waals surface area contributed by atoms with E-state index in [1.807, 2.05) is 18.2 Å². The fraction of sp³-hybridized carbons (Fsp3) is 0.222. The molecule has 0 spiro atoms. The van der Waals surface area contributed by atoms with Crippen LogP contribution in [0.3, 0.4) is 0 Å². The number of carbonyl (C=O) groups is 2. The van der Waals surface area contributed by atoms with Crippen molar-refractivity contribution in [2.75, 3.05) is 32.5 Å². The molecule has 2 heterocycles. The maximum atomic E-state index is 12.3. The lowest BCUT2D eigenvalue weighted by atomic mass is 10.1. The number of aromatic amines is 1. The molecule has 0 aliphatic carbocycles. The van der Waals surface area contributed by atoms with Gasteiger partial charge in [-0.1, -0.05) is 12.1 Å². The third kappa shape index (κ3) is 3.88. The number of rotatable bonds is 4. The maximum Gasteiger partial charge on any atom is 0.355 e. The second-order valence-electron chi connectivity index (χ2n) is 5.55. The van der Waals surface area contributed by atoms with E-state index in [1.54, 1.807) is 23.2 Å². The summed E-state index contributed by atoms with van der Waals surface area (Å²) in [7, 11) is 2.50. The molecular formula is C18H17N3O5S. The van der Waals surface area contributed by atoms with Crippen LogP contribution in [0.15, 0.2) is 47.8 Å². The molecule has 0 unspecified atom stereocenters. The first-order valence-corrected chi connectivity index (χ1v) is 8.36. The van der Waals surface area contributed by atoms with E-state index in [4.69, 9.17) is 26.4 Å². The standard InChI is InChI=1S/C18H17N3O5S/c1-24-16(22)13-9-26-10-21(15(13)17(23)25-2)12-5-3-11(4-6-12)14-7-8-19-18(27)20-14/h3-8H,9-10H2,1-2H3,(H,19,20,27). The summed E-state index contributed by atoms with van der Waals surface area (Å²) >= 11 is 5.04. The first-order valence-electron chi connectivity index (χ1n) is 7.96. The van der Waals surface area contributed by atoms with E-state index in [9.17, 15) is 9.59 Å². The van der Waals surface area contributed by atoms with Gasteiger partial charge in [0, 0.05) is 17.6 Å². The molecule has 140 valence electrons. The molecule has 0 fully saturated rings. The van der Waals surface area contributed by atoms with Crippen molar-refractivity contribution in [1.82, 2.24) is 9.97 Å². The molecule has 2 aromatic rings. The highest BCUT2D eigenvalue weighted by Crippen LogP contribution is 2.28. The fourth-order valence-corrected chi connectivity index (χ4v) is 2.88. The van der Waals surface area contributed by atoms with Gasteiger partial charge in [0.2, 0.25) is 0 Å². The predicted octanol–water partition coefficient (Wildman–Crippen LogP) is 2.20. The number of anilines is 1. The number of methoxy groups -OCH3 is 2. The molecule has 1 aromatic carbocycles. The van der Waals surface area contributed by atoms with Crippen LogP contribution < -0.4 is 4.90 Å². The van der Waals surface area contributed by atoms with Gasteiger partial charge in [-0.15, -0.1) is 0 Å². The molecule has 1 aliphatic heterocycles. The van der Waals surface area contributed by atoms with Crippen LogP contribution in [0.4, 0.5) is 5.69 Å². The summed E-state index contributed by atoms with van der Waals surface area (Å²) in [5, 5.41) is 0.